The van der Waals surface area contributed by atoms with E-state index in [2.05, 4.69) is 62.7 Å². The number of nitrogens with one attached hydrogen (secondary N) is 2. The van der Waals surface area contributed by atoms with Gasteiger partial charge in [-0.15, -0.1) is 11.3 Å². The van der Waals surface area contributed by atoms with Crippen LogP contribution in [0.4, 0.5) is 0 Å². The van der Waals surface area contributed by atoms with Crippen LogP contribution in [0.2, 0.25) is 0 Å². The molecule has 25 heavy (non-hydrogen) atoms. The van der Waals surface area contributed by atoms with Crippen LogP contribution in [0.15, 0.2) is 33.0 Å². The van der Waals surface area contributed by atoms with Gasteiger partial charge in [0.15, 0.2) is 5.96 Å². The molecule has 0 unspecified atom stereocenters. The van der Waals surface area contributed by atoms with Crippen molar-refractivity contribution >= 4 is 33.2 Å². The third kappa shape index (κ3) is 6.01. The Morgan fingerprint density at radius 1 is 1.36 bits per heavy atom. The molecule has 0 amide bonds. The monoisotopic (exact) mass is 424 g/mol. The summed E-state index contributed by atoms with van der Waals surface area (Å²) >= 11 is 5.17. The van der Waals surface area contributed by atoms with E-state index >= 15 is 0 Å². The minimum atomic E-state index is 0.455. The molecule has 2 rings (SSSR count). The van der Waals surface area contributed by atoms with Crippen LogP contribution in [-0.2, 0) is 13.1 Å². The molecular weight excluding hydrogens is 400 g/mol. The Morgan fingerprint density at radius 3 is 2.80 bits per heavy atom. The van der Waals surface area contributed by atoms with Crippen LogP contribution >= 0.6 is 27.3 Å². The van der Waals surface area contributed by atoms with Crippen molar-refractivity contribution < 1.29 is 4.74 Å². The fraction of sp³-hybridized carbons (Fsp3) is 0.444. The smallest absolute Gasteiger partial charge is 0.191 e. The molecule has 7 heteroatoms. The van der Waals surface area contributed by atoms with Crippen molar-refractivity contribution in [3.8, 4) is 5.75 Å². The second-order valence-electron chi connectivity index (χ2n) is 5.83. The van der Waals surface area contributed by atoms with Gasteiger partial charge in [0.1, 0.15) is 10.8 Å². The maximum absolute atomic E-state index is 5.41. The number of hydrogen-bond donors (Lipinski definition) is 2. The lowest BCUT2D eigenvalue weighted by Crippen LogP contribution is -2.36. The van der Waals surface area contributed by atoms with Gasteiger partial charge >= 0.3 is 0 Å². The fourth-order valence-electron chi connectivity index (χ4n) is 2.21. The zero-order valence-electron chi connectivity index (χ0n) is 15.1. The second-order valence-corrected chi connectivity index (χ2v) is 7.68. The second kappa shape index (κ2) is 9.77. The van der Waals surface area contributed by atoms with E-state index in [4.69, 9.17) is 4.74 Å². The van der Waals surface area contributed by atoms with Gasteiger partial charge in [0.2, 0.25) is 0 Å². The number of nitrogens with zero attached hydrogens (tertiary/aromatic N) is 2. The molecule has 1 aromatic heterocycles. The molecule has 0 saturated heterocycles. The van der Waals surface area contributed by atoms with Gasteiger partial charge in [-0.1, -0.05) is 29.8 Å². The molecule has 2 N–H and O–H groups in total. The molecule has 0 atom stereocenters. The molecule has 1 heterocycles. The van der Waals surface area contributed by atoms with Crippen LogP contribution < -0.4 is 15.4 Å². The highest BCUT2D eigenvalue weighted by Crippen LogP contribution is 2.23. The lowest BCUT2D eigenvalue weighted by molar-refractivity contribution is 0.409. The lowest BCUT2D eigenvalue weighted by atomic mass is 10.2. The SMILES string of the molecule is CCNC(=NCc1cc(Br)ccc1OC)NCc1nc(C(C)C)cs1. The van der Waals surface area contributed by atoms with Crippen molar-refractivity contribution in [3.63, 3.8) is 0 Å². The van der Waals surface area contributed by atoms with Crippen LogP contribution in [0.25, 0.3) is 0 Å². The molecule has 0 bridgehead atoms. The molecule has 0 aliphatic heterocycles. The largest absolute Gasteiger partial charge is 0.496 e. The number of benzene rings is 1. The molecule has 0 spiro atoms. The third-order valence-electron chi connectivity index (χ3n) is 3.56. The Labute approximate surface area is 162 Å². The standard InChI is InChI=1S/C18H25BrN4OS/c1-5-20-18(22-10-17-23-15(11-25-17)12(2)3)21-9-13-8-14(19)6-7-16(13)24-4/h6-8,11-12H,5,9-10H2,1-4H3,(H2,20,21,22). The minimum absolute atomic E-state index is 0.455. The number of halogens is 1. The predicted octanol–water partition coefficient (Wildman–Crippen LogP) is 4.29. The molecule has 136 valence electrons. The van der Waals surface area contributed by atoms with Gasteiger partial charge in [0.05, 0.1) is 25.9 Å². The van der Waals surface area contributed by atoms with Gasteiger partial charge in [0, 0.05) is 22.0 Å². The van der Waals surface area contributed by atoms with E-state index in [1.165, 1.54) is 0 Å². The maximum Gasteiger partial charge on any atom is 0.191 e. The Morgan fingerprint density at radius 2 is 2.16 bits per heavy atom. The first-order valence-electron chi connectivity index (χ1n) is 8.32. The Kier molecular flexibility index (Phi) is 7.71. The molecule has 0 aliphatic carbocycles. The summed E-state index contributed by atoms with van der Waals surface area (Å²) in [6.07, 6.45) is 0. The zero-order valence-corrected chi connectivity index (χ0v) is 17.5. The quantitative estimate of drug-likeness (QED) is 0.513. The highest BCUT2D eigenvalue weighted by atomic mass is 79.9. The molecular formula is C18H25BrN4OS. The van der Waals surface area contributed by atoms with Gasteiger partial charge in [0.25, 0.3) is 0 Å². The van der Waals surface area contributed by atoms with Crippen molar-refractivity contribution in [1.29, 1.82) is 0 Å². The number of rotatable bonds is 7. The van der Waals surface area contributed by atoms with E-state index in [1.807, 2.05) is 18.2 Å². The number of aliphatic imine (C=N–C) groups is 1. The van der Waals surface area contributed by atoms with Crippen LogP contribution in [0.5, 0.6) is 5.75 Å². The van der Waals surface area contributed by atoms with Gasteiger partial charge in [-0.05, 0) is 31.0 Å². The summed E-state index contributed by atoms with van der Waals surface area (Å²) < 4.78 is 6.42. The first-order valence-corrected chi connectivity index (χ1v) is 9.99. The molecule has 1 aromatic carbocycles. The predicted molar refractivity (Wildman–Crippen MR) is 109 cm³/mol. The molecule has 0 fully saturated rings. The van der Waals surface area contributed by atoms with Crippen molar-refractivity contribution in [2.45, 2.75) is 39.8 Å². The minimum Gasteiger partial charge on any atom is -0.496 e. The highest BCUT2D eigenvalue weighted by molar-refractivity contribution is 9.10. The van der Waals surface area contributed by atoms with Crippen LogP contribution in [-0.4, -0.2) is 24.6 Å². The summed E-state index contributed by atoms with van der Waals surface area (Å²) in [5.41, 5.74) is 2.17. The molecule has 2 aromatic rings. The first-order chi connectivity index (χ1) is 12.0. The summed E-state index contributed by atoms with van der Waals surface area (Å²) in [7, 11) is 1.68. The van der Waals surface area contributed by atoms with E-state index in [1.54, 1.807) is 18.4 Å². The van der Waals surface area contributed by atoms with Crippen molar-refractivity contribution in [1.82, 2.24) is 15.6 Å². The van der Waals surface area contributed by atoms with Crippen LogP contribution in [0.1, 0.15) is 43.0 Å². The highest BCUT2D eigenvalue weighted by Gasteiger charge is 2.07. The molecule has 0 aliphatic rings. The lowest BCUT2D eigenvalue weighted by Gasteiger charge is -2.11. The van der Waals surface area contributed by atoms with Gasteiger partial charge in [-0.25, -0.2) is 9.98 Å². The summed E-state index contributed by atoms with van der Waals surface area (Å²) in [6.45, 7) is 8.37. The molecule has 0 saturated carbocycles. The van der Waals surface area contributed by atoms with Crippen molar-refractivity contribution in [2.75, 3.05) is 13.7 Å². The fourth-order valence-corrected chi connectivity index (χ4v) is 3.51. The van der Waals surface area contributed by atoms with E-state index in [0.717, 1.165) is 39.0 Å². The normalized spacial score (nSPS) is 11.7. The Balaban J connectivity index is 2.03. The van der Waals surface area contributed by atoms with Crippen LogP contribution in [0, 0.1) is 0 Å². The van der Waals surface area contributed by atoms with Gasteiger partial charge in [-0.3, -0.25) is 0 Å². The van der Waals surface area contributed by atoms with Gasteiger partial charge < -0.3 is 15.4 Å². The van der Waals surface area contributed by atoms with E-state index in [0.29, 0.717) is 19.0 Å². The average Bonchev–Trinajstić information content (AvgIpc) is 3.07. The number of thiazole rings is 1. The topological polar surface area (TPSA) is 58.5 Å². The molecule has 5 nitrogen and oxygen atoms in total. The van der Waals surface area contributed by atoms with Gasteiger partial charge in [-0.2, -0.15) is 0 Å². The third-order valence-corrected chi connectivity index (χ3v) is 4.92. The zero-order chi connectivity index (χ0) is 18.2. The summed E-state index contributed by atoms with van der Waals surface area (Å²) in [5, 5.41) is 9.80. The number of guanidine groups is 1. The summed E-state index contributed by atoms with van der Waals surface area (Å²) in [5.74, 6) is 2.06. The number of aromatic nitrogens is 1. The number of hydrogen-bond acceptors (Lipinski definition) is 4. The van der Waals surface area contributed by atoms with E-state index < -0.39 is 0 Å². The van der Waals surface area contributed by atoms with E-state index in [-0.39, 0.29) is 0 Å². The summed E-state index contributed by atoms with van der Waals surface area (Å²) in [4.78, 5) is 9.31. The summed E-state index contributed by atoms with van der Waals surface area (Å²) in [6, 6.07) is 5.93. The number of methoxy groups -OCH3 is 1. The van der Waals surface area contributed by atoms with Crippen molar-refractivity contribution in [2.24, 2.45) is 4.99 Å². The van der Waals surface area contributed by atoms with Crippen LogP contribution in [0.3, 0.4) is 0 Å². The molecule has 0 radical (unpaired) electrons. The Hall–Kier alpha value is -1.60. The first kappa shape index (κ1) is 19.7. The number of ether oxygens (including phenoxy) is 1. The average molecular weight is 425 g/mol. The maximum atomic E-state index is 5.41. The van der Waals surface area contributed by atoms with E-state index in [9.17, 15) is 0 Å². The van der Waals surface area contributed by atoms with Crippen molar-refractivity contribution in [3.05, 3.63) is 44.3 Å². The Bertz CT molecular complexity index is 715.